The highest BCUT2D eigenvalue weighted by Crippen LogP contribution is 2.37. The van der Waals surface area contributed by atoms with E-state index in [0.29, 0.717) is 11.9 Å². The van der Waals surface area contributed by atoms with Gasteiger partial charge in [0.1, 0.15) is 11.4 Å². The van der Waals surface area contributed by atoms with Crippen LogP contribution in [0, 0.1) is 0 Å². The molecule has 0 bridgehead atoms. The molecule has 5 nitrogen and oxygen atoms in total. The van der Waals surface area contributed by atoms with Gasteiger partial charge >= 0.3 is 6.09 Å². The molecular formula is C19H26N2O3S2. The fourth-order valence-electron chi connectivity index (χ4n) is 2.82. The summed E-state index contributed by atoms with van der Waals surface area (Å²) in [5.41, 5.74) is 0.580. The predicted octanol–water partition coefficient (Wildman–Crippen LogP) is 5.19. The number of hydrogen-bond acceptors (Lipinski definition) is 6. The molecule has 0 saturated carbocycles. The third kappa shape index (κ3) is 5.04. The van der Waals surface area contributed by atoms with Gasteiger partial charge in [0.2, 0.25) is 0 Å². The third-order valence-electron chi connectivity index (χ3n) is 4.01. The van der Waals surface area contributed by atoms with E-state index in [2.05, 4.69) is 6.07 Å². The maximum absolute atomic E-state index is 12.2. The quantitative estimate of drug-likeness (QED) is 0.714. The number of nitrogens with zero attached hydrogens (tertiary/aromatic N) is 2. The molecule has 0 aliphatic carbocycles. The Bertz CT molecular complexity index is 762. The minimum Gasteiger partial charge on any atom is -0.494 e. The lowest BCUT2D eigenvalue weighted by atomic mass is 10.1. The highest BCUT2D eigenvalue weighted by Gasteiger charge is 2.27. The number of likely N-dealkylation sites (tertiary alicyclic amines) is 1. The summed E-state index contributed by atoms with van der Waals surface area (Å²) in [6, 6.07) is 6.05. The average Bonchev–Trinajstić information content (AvgIpc) is 2.95. The number of hydrogen-bond donors (Lipinski definition) is 0. The van der Waals surface area contributed by atoms with Gasteiger partial charge in [0.05, 0.1) is 16.8 Å². The summed E-state index contributed by atoms with van der Waals surface area (Å²) in [6.45, 7) is 9.84. The van der Waals surface area contributed by atoms with E-state index in [9.17, 15) is 4.79 Å². The zero-order chi connectivity index (χ0) is 18.7. The Labute approximate surface area is 163 Å². The second-order valence-electron chi connectivity index (χ2n) is 7.33. The molecule has 1 aromatic carbocycles. The van der Waals surface area contributed by atoms with Crippen LogP contribution in [0.25, 0.3) is 10.2 Å². The van der Waals surface area contributed by atoms with Gasteiger partial charge in [-0.3, -0.25) is 0 Å². The van der Waals surface area contributed by atoms with Crippen molar-refractivity contribution < 1.29 is 14.3 Å². The Kier molecular flexibility index (Phi) is 5.97. The van der Waals surface area contributed by atoms with E-state index in [4.69, 9.17) is 14.5 Å². The first kappa shape index (κ1) is 19.3. The molecule has 1 aliphatic heterocycles. The molecule has 7 heteroatoms. The molecule has 0 unspecified atom stereocenters. The molecule has 0 N–H and O–H groups in total. The number of aromatic nitrogens is 1. The maximum atomic E-state index is 12.2. The summed E-state index contributed by atoms with van der Waals surface area (Å²) in [5.74, 6) is 0.894. The molecule has 1 amide bonds. The number of rotatable bonds is 4. The molecule has 1 saturated heterocycles. The Morgan fingerprint density at radius 3 is 2.73 bits per heavy atom. The van der Waals surface area contributed by atoms with Gasteiger partial charge in [-0.2, -0.15) is 0 Å². The Balaban J connectivity index is 1.56. The fraction of sp³-hybridized carbons (Fsp3) is 0.579. The van der Waals surface area contributed by atoms with E-state index in [-0.39, 0.29) is 6.09 Å². The topological polar surface area (TPSA) is 51.7 Å². The van der Waals surface area contributed by atoms with Crippen molar-refractivity contribution in [1.82, 2.24) is 9.88 Å². The zero-order valence-electron chi connectivity index (χ0n) is 15.8. The van der Waals surface area contributed by atoms with Crippen LogP contribution in [0.15, 0.2) is 22.5 Å². The van der Waals surface area contributed by atoms with Crippen molar-refractivity contribution in [3.8, 4) is 5.75 Å². The number of carbonyl (C=O) groups excluding carboxylic acids is 1. The lowest BCUT2D eigenvalue weighted by molar-refractivity contribution is 0.0219. The number of carbonyl (C=O) groups is 1. The first-order valence-corrected chi connectivity index (χ1v) is 10.7. The van der Waals surface area contributed by atoms with Crippen LogP contribution in [-0.2, 0) is 4.74 Å². The highest BCUT2D eigenvalue weighted by molar-refractivity contribution is 8.01. The van der Waals surface area contributed by atoms with E-state index in [1.165, 1.54) is 0 Å². The van der Waals surface area contributed by atoms with Crippen molar-refractivity contribution in [3.63, 3.8) is 0 Å². The number of piperidine rings is 1. The predicted molar refractivity (Wildman–Crippen MR) is 107 cm³/mol. The van der Waals surface area contributed by atoms with Crippen LogP contribution in [0.5, 0.6) is 5.75 Å². The molecule has 1 aliphatic rings. The van der Waals surface area contributed by atoms with Crippen molar-refractivity contribution in [3.05, 3.63) is 18.2 Å². The number of fused-ring (bicyclic) bond motifs is 1. The first-order chi connectivity index (χ1) is 12.3. The number of benzene rings is 1. The van der Waals surface area contributed by atoms with Crippen LogP contribution in [0.2, 0.25) is 0 Å². The summed E-state index contributed by atoms with van der Waals surface area (Å²) in [7, 11) is 0. The Hall–Kier alpha value is -1.47. The lowest BCUT2D eigenvalue weighted by Gasteiger charge is -2.32. The van der Waals surface area contributed by atoms with Gasteiger partial charge in [-0.25, -0.2) is 9.78 Å². The van der Waals surface area contributed by atoms with Crippen molar-refractivity contribution in [2.45, 2.75) is 55.7 Å². The van der Waals surface area contributed by atoms with E-state index < -0.39 is 5.60 Å². The highest BCUT2D eigenvalue weighted by atomic mass is 32.2. The van der Waals surface area contributed by atoms with Gasteiger partial charge < -0.3 is 14.4 Å². The average molecular weight is 395 g/mol. The molecule has 1 fully saturated rings. The first-order valence-electron chi connectivity index (χ1n) is 9.02. The van der Waals surface area contributed by atoms with Gasteiger partial charge in [0.15, 0.2) is 4.34 Å². The normalized spacial score (nSPS) is 16.1. The molecule has 142 valence electrons. The number of thioether (sulfide) groups is 1. The van der Waals surface area contributed by atoms with Crippen molar-refractivity contribution in [2.24, 2.45) is 0 Å². The molecule has 2 aromatic rings. The van der Waals surface area contributed by atoms with Crippen LogP contribution in [0.4, 0.5) is 4.79 Å². The van der Waals surface area contributed by atoms with Gasteiger partial charge in [0, 0.05) is 18.3 Å². The standard InChI is InChI=1S/C19H26N2O3S2/c1-5-23-13-6-7-15-16(12-13)26-17(20-15)25-14-8-10-21(11-9-14)18(22)24-19(2,3)4/h6-7,12,14H,5,8-11H2,1-4H3. The van der Waals surface area contributed by atoms with E-state index in [1.54, 1.807) is 11.3 Å². The zero-order valence-corrected chi connectivity index (χ0v) is 17.4. The second kappa shape index (κ2) is 8.05. The molecular weight excluding hydrogens is 368 g/mol. The van der Waals surface area contributed by atoms with Crippen LogP contribution >= 0.6 is 23.1 Å². The minimum atomic E-state index is -0.440. The van der Waals surface area contributed by atoms with Crippen molar-refractivity contribution in [1.29, 1.82) is 0 Å². The second-order valence-corrected chi connectivity index (χ2v) is 9.91. The van der Waals surface area contributed by atoms with E-state index >= 15 is 0 Å². The molecule has 1 aromatic heterocycles. The lowest BCUT2D eigenvalue weighted by Crippen LogP contribution is -2.42. The van der Waals surface area contributed by atoms with Gasteiger partial charge in [0.25, 0.3) is 0 Å². The van der Waals surface area contributed by atoms with Crippen LogP contribution in [-0.4, -0.2) is 46.5 Å². The fourth-order valence-corrected chi connectivity index (χ4v) is 5.29. The third-order valence-corrected chi connectivity index (χ3v) is 6.46. The van der Waals surface area contributed by atoms with Crippen LogP contribution in [0.1, 0.15) is 40.5 Å². The molecule has 0 spiro atoms. The number of ether oxygens (including phenoxy) is 2. The number of amides is 1. The molecule has 0 atom stereocenters. The SMILES string of the molecule is CCOc1ccc2nc(SC3CCN(C(=O)OC(C)(C)C)CC3)sc2c1. The van der Waals surface area contributed by atoms with Crippen LogP contribution in [0.3, 0.4) is 0 Å². The van der Waals surface area contributed by atoms with E-state index in [0.717, 1.165) is 46.2 Å². The van der Waals surface area contributed by atoms with Gasteiger partial charge in [-0.1, -0.05) is 11.8 Å². The largest absolute Gasteiger partial charge is 0.494 e. The minimum absolute atomic E-state index is 0.204. The summed E-state index contributed by atoms with van der Waals surface area (Å²) in [5, 5.41) is 0.487. The molecule has 3 rings (SSSR count). The van der Waals surface area contributed by atoms with Crippen molar-refractivity contribution >= 4 is 39.4 Å². The molecule has 26 heavy (non-hydrogen) atoms. The number of thiazole rings is 1. The smallest absolute Gasteiger partial charge is 0.410 e. The monoisotopic (exact) mass is 394 g/mol. The maximum Gasteiger partial charge on any atom is 0.410 e. The van der Waals surface area contributed by atoms with Crippen molar-refractivity contribution in [2.75, 3.05) is 19.7 Å². The van der Waals surface area contributed by atoms with Gasteiger partial charge in [-0.05, 0) is 58.7 Å². The summed E-state index contributed by atoms with van der Waals surface area (Å²) in [4.78, 5) is 18.7. The van der Waals surface area contributed by atoms with Gasteiger partial charge in [-0.15, -0.1) is 11.3 Å². The Morgan fingerprint density at radius 1 is 1.35 bits per heavy atom. The molecule has 0 radical (unpaired) electrons. The summed E-state index contributed by atoms with van der Waals surface area (Å²) >= 11 is 3.54. The van der Waals surface area contributed by atoms with E-state index in [1.807, 2.05) is 56.5 Å². The Morgan fingerprint density at radius 2 is 2.08 bits per heavy atom. The summed E-state index contributed by atoms with van der Waals surface area (Å²) in [6.07, 6.45) is 1.72. The summed E-state index contributed by atoms with van der Waals surface area (Å²) < 4.78 is 13.3. The van der Waals surface area contributed by atoms with Crippen LogP contribution < -0.4 is 4.74 Å². The molecule has 2 heterocycles.